The molecule has 118 valence electrons. The molecule has 2 rings (SSSR count). The van der Waals surface area contributed by atoms with Crippen LogP contribution in [0.3, 0.4) is 0 Å². The van der Waals surface area contributed by atoms with Crippen LogP contribution in [0, 0.1) is 5.92 Å². The number of para-hydroxylation sites is 2. The second-order valence-electron chi connectivity index (χ2n) is 5.47. The molecule has 1 saturated heterocycles. The lowest BCUT2D eigenvalue weighted by molar-refractivity contribution is 0.341. The highest BCUT2D eigenvalue weighted by molar-refractivity contribution is 7.89. The molecule has 1 aromatic rings. The van der Waals surface area contributed by atoms with Crippen LogP contribution >= 0.6 is 0 Å². The first-order valence-electron chi connectivity index (χ1n) is 7.09. The van der Waals surface area contributed by atoms with E-state index in [4.69, 9.17) is 10.5 Å². The Kier molecular flexibility index (Phi) is 5.44. The predicted molar refractivity (Wildman–Crippen MR) is 83.7 cm³/mol. The minimum atomic E-state index is -3.30. The molecule has 0 radical (unpaired) electrons. The molecule has 0 spiro atoms. The Bertz CT molecular complexity index is 562. The largest absolute Gasteiger partial charge is 0.490 e. The van der Waals surface area contributed by atoms with Gasteiger partial charge in [-0.25, -0.2) is 13.1 Å². The predicted octanol–water partition coefficient (Wildman–Crippen LogP) is 0.519. The molecule has 1 fully saturated rings. The van der Waals surface area contributed by atoms with E-state index in [1.54, 1.807) is 24.3 Å². The standard InChI is InChI=1S/C14H23N3O3S/c1-17-7-6-12(11-17)10-16-21(18,19)9-8-20-14-5-3-2-4-13(14)15/h2-5,12,16H,6-11,15H2,1H3. The molecule has 0 aromatic heterocycles. The molecule has 1 unspecified atom stereocenters. The van der Waals surface area contributed by atoms with Crippen LogP contribution in [0.5, 0.6) is 5.75 Å². The Balaban J connectivity index is 1.73. The fourth-order valence-corrected chi connectivity index (χ4v) is 3.32. The summed E-state index contributed by atoms with van der Waals surface area (Å²) in [4.78, 5) is 2.21. The summed E-state index contributed by atoms with van der Waals surface area (Å²) in [6.45, 7) is 2.57. The zero-order chi connectivity index (χ0) is 15.3. The van der Waals surface area contributed by atoms with Crippen LogP contribution in [-0.4, -0.2) is 52.4 Å². The van der Waals surface area contributed by atoms with Gasteiger partial charge in [0.2, 0.25) is 10.0 Å². The highest BCUT2D eigenvalue weighted by Crippen LogP contribution is 2.19. The number of hydrogen-bond acceptors (Lipinski definition) is 5. The topological polar surface area (TPSA) is 84.7 Å². The number of hydrogen-bond donors (Lipinski definition) is 2. The molecular weight excluding hydrogens is 290 g/mol. The third kappa shape index (κ3) is 5.18. The van der Waals surface area contributed by atoms with Crippen LogP contribution in [0.4, 0.5) is 5.69 Å². The number of anilines is 1. The molecule has 3 N–H and O–H groups in total. The molecule has 0 aliphatic carbocycles. The quantitative estimate of drug-likeness (QED) is 0.717. The number of nitrogens with zero attached hydrogens (tertiary/aromatic N) is 1. The van der Waals surface area contributed by atoms with E-state index in [2.05, 4.69) is 9.62 Å². The third-order valence-electron chi connectivity index (χ3n) is 3.61. The van der Waals surface area contributed by atoms with Crippen LogP contribution in [0.15, 0.2) is 24.3 Å². The minimum absolute atomic E-state index is 0.0656. The first-order chi connectivity index (χ1) is 9.96. The van der Waals surface area contributed by atoms with Crippen molar-refractivity contribution in [3.8, 4) is 5.75 Å². The van der Waals surface area contributed by atoms with Gasteiger partial charge in [0.25, 0.3) is 0 Å². The van der Waals surface area contributed by atoms with Crippen molar-refractivity contribution in [2.24, 2.45) is 5.92 Å². The molecular formula is C14H23N3O3S. The molecule has 6 nitrogen and oxygen atoms in total. The zero-order valence-corrected chi connectivity index (χ0v) is 13.1. The van der Waals surface area contributed by atoms with Crippen LogP contribution < -0.4 is 15.2 Å². The van der Waals surface area contributed by atoms with E-state index < -0.39 is 10.0 Å². The smallest absolute Gasteiger partial charge is 0.214 e. The van der Waals surface area contributed by atoms with Crippen LogP contribution in [-0.2, 0) is 10.0 Å². The Morgan fingerprint density at radius 2 is 2.19 bits per heavy atom. The molecule has 0 bridgehead atoms. The highest BCUT2D eigenvalue weighted by Gasteiger charge is 2.21. The van der Waals surface area contributed by atoms with Crippen molar-refractivity contribution in [2.75, 3.05) is 44.8 Å². The van der Waals surface area contributed by atoms with Gasteiger partial charge < -0.3 is 15.4 Å². The van der Waals surface area contributed by atoms with Gasteiger partial charge in [-0.05, 0) is 38.1 Å². The van der Waals surface area contributed by atoms with Gasteiger partial charge in [0, 0.05) is 13.1 Å². The van der Waals surface area contributed by atoms with Gasteiger partial charge >= 0.3 is 0 Å². The van der Waals surface area contributed by atoms with Gasteiger partial charge in [-0.1, -0.05) is 12.1 Å². The molecule has 1 aromatic carbocycles. The van der Waals surface area contributed by atoms with E-state index >= 15 is 0 Å². The van der Waals surface area contributed by atoms with Crippen molar-refractivity contribution in [1.82, 2.24) is 9.62 Å². The van der Waals surface area contributed by atoms with E-state index in [-0.39, 0.29) is 12.4 Å². The Labute approximate surface area is 126 Å². The number of likely N-dealkylation sites (tertiary alicyclic amines) is 1. The monoisotopic (exact) mass is 313 g/mol. The maximum absolute atomic E-state index is 11.9. The molecule has 7 heteroatoms. The number of nitrogen functional groups attached to an aromatic ring is 1. The molecule has 1 atom stereocenters. The van der Waals surface area contributed by atoms with Crippen molar-refractivity contribution in [3.63, 3.8) is 0 Å². The maximum atomic E-state index is 11.9. The molecule has 21 heavy (non-hydrogen) atoms. The minimum Gasteiger partial charge on any atom is -0.490 e. The summed E-state index contributed by atoms with van der Waals surface area (Å²) in [7, 11) is -1.26. The van der Waals surface area contributed by atoms with Crippen molar-refractivity contribution < 1.29 is 13.2 Å². The SMILES string of the molecule is CN1CCC(CNS(=O)(=O)CCOc2ccccc2N)C1. The van der Waals surface area contributed by atoms with Crippen LogP contribution in [0.25, 0.3) is 0 Å². The fraction of sp³-hybridized carbons (Fsp3) is 0.571. The van der Waals surface area contributed by atoms with Gasteiger partial charge in [-0.2, -0.15) is 0 Å². The summed E-state index contributed by atoms with van der Waals surface area (Å²) in [6.07, 6.45) is 1.04. The lowest BCUT2D eigenvalue weighted by Gasteiger charge is -2.13. The maximum Gasteiger partial charge on any atom is 0.214 e. The van der Waals surface area contributed by atoms with Crippen molar-refractivity contribution in [2.45, 2.75) is 6.42 Å². The number of benzene rings is 1. The Morgan fingerprint density at radius 1 is 1.43 bits per heavy atom. The third-order valence-corrected chi connectivity index (χ3v) is 4.92. The fourth-order valence-electron chi connectivity index (χ4n) is 2.38. The van der Waals surface area contributed by atoms with Crippen molar-refractivity contribution >= 4 is 15.7 Å². The second-order valence-corrected chi connectivity index (χ2v) is 7.40. The summed E-state index contributed by atoms with van der Waals surface area (Å²) in [6, 6.07) is 7.05. The molecule has 0 amide bonds. The zero-order valence-electron chi connectivity index (χ0n) is 12.3. The summed E-state index contributed by atoms with van der Waals surface area (Å²) in [5.41, 5.74) is 6.24. The number of nitrogens with two attached hydrogens (primary N) is 1. The van der Waals surface area contributed by atoms with E-state index in [1.807, 2.05) is 7.05 Å². The lowest BCUT2D eigenvalue weighted by Crippen LogP contribution is -2.33. The van der Waals surface area contributed by atoms with Gasteiger partial charge in [-0.15, -0.1) is 0 Å². The van der Waals surface area contributed by atoms with Crippen molar-refractivity contribution in [1.29, 1.82) is 0 Å². The first-order valence-corrected chi connectivity index (χ1v) is 8.75. The van der Waals surface area contributed by atoms with Gasteiger partial charge in [0.15, 0.2) is 0 Å². The van der Waals surface area contributed by atoms with E-state index in [9.17, 15) is 8.42 Å². The first kappa shape index (κ1) is 16.1. The second kappa shape index (κ2) is 7.11. The van der Waals surface area contributed by atoms with Gasteiger partial charge in [0.1, 0.15) is 12.4 Å². The highest BCUT2D eigenvalue weighted by atomic mass is 32.2. The average molecular weight is 313 g/mol. The number of ether oxygens (including phenoxy) is 1. The average Bonchev–Trinajstić information content (AvgIpc) is 2.85. The van der Waals surface area contributed by atoms with E-state index in [1.165, 1.54) is 0 Å². The van der Waals surface area contributed by atoms with Gasteiger partial charge in [0.05, 0.1) is 11.4 Å². The summed E-state index contributed by atoms with van der Waals surface area (Å²) >= 11 is 0. The normalized spacial score (nSPS) is 19.8. The van der Waals surface area contributed by atoms with Crippen LogP contribution in [0.1, 0.15) is 6.42 Å². The summed E-state index contributed by atoms with van der Waals surface area (Å²) < 4.78 is 31.9. The Morgan fingerprint density at radius 3 is 2.86 bits per heavy atom. The molecule has 1 heterocycles. The number of rotatable bonds is 7. The van der Waals surface area contributed by atoms with Crippen LogP contribution in [0.2, 0.25) is 0 Å². The molecule has 0 saturated carbocycles. The summed E-state index contributed by atoms with van der Waals surface area (Å²) in [5, 5.41) is 0. The van der Waals surface area contributed by atoms with Crippen molar-refractivity contribution in [3.05, 3.63) is 24.3 Å². The molecule has 1 aliphatic heterocycles. The van der Waals surface area contributed by atoms with Gasteiger partial charge in [-0.3, -0.25) is 0 Å². The van der Waals surface area contributed by atoms with E-state index in [0.29, 0.717) is 23.9 Å². The number of nitrogens with one attached hydrogen (secondary N) is 1. The lowest BCUT2D eigenvalue weighted by atomic mass is 10.1. The molecule has 1 aliphatic rings. The van der Waals surface area contributed by atoms with E-state index in [0.717, 1.165) is 19.5 Å². The summed E-state index contributed by atoms with van der Waals surface area (Å²) in [5.74, 6) is 0.852. The number of sulfonamides is 1. The Hall–Kier alpha value is -1.31.